The molecule has 0 unspecified atom stereocenters. The number of nitrogens with one attached hydrogen (secondary N) is 2. The van der Waals surface area contributed by atoms with Gasteiger partial charge < -0.3 is 15.4 Å². The molecule has 1 aromatic heterocycles. The van der Waals surface area contributed by atoms with Gasteiger partial charge in [0.15, 0.2) is 17.4 Å². The van der Waals surface area contributed by atoms with E-state index in [0.29, 0.717) is 16.5 Å². The molecule has 2 N–H and O–H groups in total. The van der Waals surface area contributed by atoms with E-state index >= 15 is 0 Å². The molecule has 0 saturated heterocycles. The fourth-order valence-corrected chi connectivity index (χ4v) is 6.67. The molecule has 160 valence electrons. The predicted octanol–water partition coefficient (Wildman–Crippen LogP) is 4.09. The van der Waals surface area contributed by atoms with Crippen molar-refractivity contribution in [2.45, 2.75) is 58.8 Å². The standard InChI is InChI=1S/C22H33N3O3S/c1-14(2)3-4-23-21-25-18(12-29-21)20(27)28-11-19(26)24-13-22-8-15-5-16(9-22)7-17(6-15)10-22/h12,14-17H,3-11,13H2,1-2H3,(H,23,25)(H,24,26). The molecule has 4 aliphatic carbocycles. The topological polar surface area (TPSA) is 80.3 Å². The third kappa shape index (κ3) is 5.11. The van der Waals surface area contributed by atoms with Gasteiger partial charge in [0.1, 0.15) is 0 Å². The van der Waals surface area contributed by atoms with Crippen LogP contribution in [0.5, 0.6) is 0 Å². The number of nitrogens with zero attached hydrogens (tertiary/aromatic N) is 1. The minimum absolute atomic E-state index is 0.209. The van der Waals surface area contributed by atoms with E-state index in [9.17, 15) is 9.59 Å². The van der Waals surface area contributed by atoms with Crippen LogP contribution in [0.15, 0.2) is 5.38 Å². The van der Waals surface area contributed by atoms with Gasteiger partial charge in [-0.15, -0.1) is 11.3 Å². The van der Waals surface area contributed by atoms with Crippen LogP contribution < -0.4 is 10.6 Å². The summed E-state index contributed by atoms with van der Waals surface area (Å²) in [5.74, 6) is 2.46. The molecule has 7 heteroatoms. The van der Waals surface area contributed by atoms with Crippen LogP contribution in [0, 0.1) is 29.1 Å². The van der Waals surface area contributed by atoms with E-state index in [4.69, 9.17) is 4.74 Å². The van der Waals surface area contributed by atoms with Gasteiger partial charge in [-0.05, 0) is 74.0 Å². The van der Waals surface area contributed by atoms with Gasteiger partial charge in [0.2, 0.25) is 0 Å². The van der Waals surface area contributed by atoms with Crippen LogP contribution in [0.2, 0.25) is 0 Å². The third-order valence-corrected chi connectivity index (χ3v) is 7.67. The molecule has 1 aromatic rings. The highest BCUT2D eigenvalue weighted by atomic mass is 32.1. The summed E-state index contributed by atoms with van der Waals surface area (Å²) >= 11 is 1.38. The minimum atomic E-state index is -0.539. The highest BCUT2D eigenvalue weighted by Crippen LogP contribution is 2.59. The summed E-state index contributed by atoms with van der Waals surface area (Å²) in [4.78, 5) is 28.7. The smallest absolute Gasteiger partial charge is 0.358 e. The van der Waals surface area contributed by atoms with Crippen LogP contribution in [0.4, 0.5) is 5.13 Å². The largest absolute Gasteiger partial charge is 0.451 e. The molecule has 5 rings (SSSR count). The van der Waals surface area contributed by atoms with E-state index < -0.39 is 5.97 Å². The Morgan fingerprint density at radius 3 is 2.48 bits per heavy atom. The first-order chi connectivity index (χ1) is 13.9. The van der Waals surface area contributed by atoms with Crippen LogP contribution in [-0.2, 0) is 9.53 Å². The number of esters is 1. The highest BCUT2D eigenvalue weighted by molar-refractivity contribution is 7.13. The average molecular weight is 420 g/mol. The Balaban J connectivity index is 1.19. The lowest BCUT2D eigenvalue weighted by Gasteiger charge is -2.56. The van der Waals surface area contributed by atoms with E-state index in [0.717, 1.165) is 37.3 Å². The molecule has 1 heterocycles. The van der Waals surface area contributed by atoms with Gasteiger partial charge in [0.25, 0.3) is 5.91 Å². The van der Waals surface area contributed by atoms with Gasteiger partial charge in [0.05, 0.1) is 0 Å². The average Bonchev–Trinajstić information content (AvgIpc) is 3.12. The molecule has 4 fully saturated rings. The number of carbonyl (C=O) groups excluding carboxylic acids is 2. The van der Waals surface area contributed by atoms with E-state index in [1.807, 2.05) is 0 Å². The zero-order chi connectivity index (χ0) is 20.4. The zero-order valence-corrected chi connectivity index (χ0v) is 18.4. The lowest BCUT2D eigenvalue weighted by atomic mass is 9.49. The van der Waals surface area contributed by atoms with Crippen molar-refractivity contribution < 1.29 is 14.3 Å². The summed E-state index contributed by atoms with van der Waals surface area (Å²) in [6, 6.07) is 0. The second-order valence-electron chi connectivity index (χ2n) is 9.92. The second-order valence-corrected chi connectivity index (χ2v) is 10.8. The molecule has 0 atom stereocenters. The number of carbonyl (C=O) groups is 2. The van der Waals surface area contributed by atoms with Gasteiger partial charge in [-0.3, -0.25) is 4.79 Å². The van der Waals surface area contributed by atoms with Crippen molar-refractivity contribution in [1.82, 2.24) is 10.3 Å². The van der Waals surface area contributed by atoms with Crippen molar-refractivity contribution in [3.05, 3.63) is 11.1 Å². The molecule has 1 amide bonds. The molecule has 6 nitrogen and oxygen atoms in total. The Labute approximate surface area is 177 Å². The van der Waals surface area contributed by atoms with Crippen LogP contribution in [0.3, 0.4) is 0 Å². The maximum atomic E-state index is 12.3. The van der Waals surface area contributed by atoms with Crippen LogP contribution in [0.1, 0.15) is 69.3 Å². The van der Waals surface area contributed by atoms with Gasteiger partial charge in [-0.25, -0.2) is 9.78 Å². The third-order valence-electron chi connectivity index (χ3n) is 6.87. The predicted molar refractivity (Wildman–Crippen MR) is 114 cm³/mol. The number of anilines is 1. The summed E-state index contributed by atoms with van der Waals surface area (Å²) in [6.45, 7) is 5.65. The van der Waals surface area contributed by atoms with E-state index in [1.165, 1.54) is 49.9 Å². The van der Waals surface area contributed by atoms with E-state index in [1.54, 1.807) is 5.38 Å². The van der Waals surface area contributed by atoms with Crippen molar-refractivity contribution in [3.63, 3.8) is 0 Å². The lowest BCUT2D eigenvalue weighted by Crippen LogP contribution is -2.51. The fraction of sp³-hybridized carbons (Fsp3) is 0.773. The SMILES string of the molecule is CC(C)CCNc1nc(C(=O)OCC(=O)NCC23CC4CC(CC(C4)C2)C3)cs1. The number of ether oxygens (including phenoxy) is 1. The number of aromatic nitrogens is 1. The van der Waals surface area contributed by atoms with Crippen LogP contribution >= 0.6 is 11.3 Å². The number of hydrogen-bond donors (Lipinski definition) is 2. The molecular weight excluding hydrogens is 386 g/mol. The van der Waals surface area contributed by atoms with Crippen molar-refractivity contribution in [1.29, 1.82) is 0 Å². The summed E-state index contributed by atoms with van der Waals surface area (Å²) < 4.78 is 5.18. The summed E-state index contributed by atoms with van der Waals surface area (Å²) in [5.41, 5.74) is 0.552. The number of hydrogen-bond acceptors (Lipinski definition) is 6. The van der Waals surface area contributed by atoms with Crippen LogP contribution in [0.25, 0.3) is 0 Å². The summed E-state index contributed by atoms with van der Waals surface area (Å²) in [5, 5.41) is 8.65. The number of thiazole rings is 1. The molecule has 0 radical (unpaired) electrons. The molecule has 4 bridgehead atoms. The van der Waals surface area contributed by atoms with Crippen molar-refractivity contribution in [2.24, 2.45) is 29.1 Å². The van der Waals surface area contributed by atoms with Gasteiger partial charge in [-0.1, -0.05) is 13.8 Å². The number of rotatable bonds is 9. The maximum Gasteiger partial charge on any atom is 0.358 e. The lowest BCUT2D eigenvalue weighted by molar-refractivity contribution is -0.126. The Hall–Kier alpha value is -1.63. The van der Waals surface area contributed by atoms with Crippen molar-refractivity contribution >= 4 is 28.3 Å². The molecule has 29 heavy (non-hydrogen) atoms. The van der Waals surface area contributed by atoms with Crippen molar-refractivity contribution in [3.8, 4) is 0 Å². The van der Waals surface area contributed by atoms with Gasteiger partial charge in [-0.2, -0.15) is 0 Å². The first-order valence-electron chi connectivity index (χ1n) is 11.0. The Kier molecular flexibility index (Phi) is 6.13. The monoisotopic (exact) mass is 419 g/mol. The Morgan fingerprint density at radius 1 is 1.21 bits per heavy atom. The zero-order valence-electron chi connectivity index (χ0n) is 17.5. The first-order valence-corrected chi connectivity index (χ1v) is 11.9. The maximum absolute atomic E-state index is 12.3. The van der Waals surface area contributed by atoms with E-state index in [-0.39, 0.29) is 18.2 Å². The van der Waals surface area contributed by atoms with E-state index in [2.05, 4.69) is 29.5 Å². The molecule has 4 saturated carbocycles. The molecule has 0 spiro atoms. The molecule has 0 aliphatic heterocycles. The highest BCUT2D eigenvalue weighted by Gasteiger charge is 2.50. The van der Waals surface area contributed by atoms with Crippen molar-refractivity contribution in [2.75, 3.05) is 25.0 Å². The Bertz CT molecular complexity index is 710. The fourth-order valence-electron chi connectivity index (χ4n) is 5.97. The molecular formula is C22H33N3O3S. The number of amides is 1. The second kappa shape index (κ2) is 8.62. The Morgan fingerprint density at radius 2 is 1.86 bits per heavy atom. The molecule has 0 aromatic carbocycles. The van der Waals surface area contributed by atoms with Gasteiger partial charge in [0, 0.05) is 18.5 Å². The quantitative estimate of drug-likeness (QED) is 0.589. The van der Waals surface area contributed by atoms with Gasteiger partial charge >= 0.3 is 5.97 Å². The minimum Gasteiger partial charge on any atom is -0.451 e. The summed E-state index contributed by atoms with van der Waals surface area (Å²) in [7, 11) is 0. The molecule has 4 aliphatic rings. The normalized spacial score (nSPS) is 29.8. The first kappa shape index (κ1) is 20.6. The summed E-state index contributed by atoms with van der Waals surface area (Å²) in [6.07, 6.45) is 9.00. The van der Waals surface area contributed by atoms with Crippen LogP contribution in [-0.4, -0.2) is 36.6 Å².